The molecular weight excluding hydrogens is 346 g/mol. The Kier molecular flexibility index (Phi) is 5.26. The first-order chi connectivity index (χ1) is 12.9. The highest BCUT2D eigenvalue weighted by Crippen LogP contribution is 2.26. The van der Waals surface area contributed by atoms with Crippen LogP contribution in [-0.4, -0.2) is 17.6 Å². The van der Waals surface area contributed by atoms with E-state index in [0.29, 0.717) is 17.7 Å². The molecule has 0 spiro atoms. The lowest BCUT2D eigenvalue weighted by Gasteiger charge is -2.09. The van der Waals surface area contributed by atoms with Crippen molar-refractivity contribution in [1.29, 1.82) is 0 Å². The van der Waals surface area contributed by atoms with Crippen LogP contribution in [0, 0.1) is 0 Å². The van der Waals surface area contributed by atoms with E-state index in [4.69, 9.17) is 9.15 Å². The lowest BCUT2D eigenvalue weighted by molar-refractivity contribution is -0.123. The van der Waals surface area contributed by atoms with Gasteiger partial charge in [0.1, 0.15) is 17.1 Å². The molecule has 0 saturated carbocycles. The van der Waals surface area contributed by atoms with Gasteiger partial charge in [0.15, 0.2) is 6.61 Å². The number of carbonyl (C=O) groups excluding carboxylic acids is 1. The maximum atomic E-state index is 12.0. The van der Waals surface area contributed by atoms with Gasteiger partial charge in [-0.2, -0.15) is 0 Å². The molecule has 0 radical (unpaired) electrons. The van der Waals surface area contributed by atoms with Gasteiger partial charge < -0.3 is 19.6 Å². The van der Waals surface area contributed by atoms with Crippen LogP contribution >= 0.6 is 0 Å². The molecule has 27 heavy (non-hydrogen) atoms. The zero-order valence-electron chi connectivity index (χ0n) is 14.8. The van der Waals surface area contributed by atoms with Crippen molar-refractivity contribution in [2.75, 3.05) is 6.61 Å². The molecule has 0 saturated heterocycles. The Morgan fingerprint density at radius 3 is 2.63 bits per heavy atom. The van der Waals surface area contributed by atoms with Crippen LogP contribution in [0.5, 0.6) is 11.5 Å². The molecule has 2 aromatic carbocycles. The minimum Gasteiger partial charge on any atom is -0.507 e. The molecule has 0 aliphatic heterocycles. The number of rotatable bonds is 6. The van der Waals surface area contributed by atoms with E-state index in [-0.39, 0.29) is 23.8 Å². The average molecular weight is 365 g/mol. The first-order valence-corrected chi connectivity index (χ1v) is 8.33. The number of carbonyl (C=O) groups is 1. The summed E-state index contributed by atoms with van der Waals surface area (Å²) in [5, 5.41) is 12.9. The number of benzene rings is 2. The Labute approximate surface area is 155 Å². The minimum atomic E-state index is -0.635. The maximum absolute atomic E-state index is 12.0. The van der Waals surface area contributed by atoms with Gasteiger partial charge in [-0.15, -0.1) is 0 Å². The quantitative estimate of drug-likeness (QED) is 0.655. The van der Waals surface area contributed by atoms with Gasteiger partial charge in [-0.25, -0.2) is 4.79 Å². The van der Waals surface area contributed by atoms with E-state index in [1.807, 2.05) is 31.2 Å². The van der Waals surface area contributed by atoms with Gasteiger partial charge in [0.05, 0.1) is 11.5 Å². The minimum absolute atomic E-state index is 0.174. The van der Waals surface area contributed by atoms with Crippen molar-refractivity contribution >= 4 is 22.4 Å². The molecule has 6 heteroatoms. The molecule has 1 aromatic heterocycles. The van der Waals surface area contributed by atoms with E-state index in [1.54, 1.807) is 6.07 Å². The fourth-order valence-corrected chi connectivity index (χ4v) is 2.52. The lowest BCUT2D eigenvalue weighted by Crippen LogP contribution is -2.28. The summed E-state index contributed by atoms with van der Waals surface area (Å²) in [7, 11) is 0. The third-order valence-electron chi connectivity index (χ3n) is 4.00. The van der Waals surface area contributed by atoms with Gasteiger partial charge >= 0.3 is 5.63 Å². The third kappa shape index (κ3) is 4.55. The topological polar surface area (TPSA) is 88.8 Å². The molecule has 138 valence electrons. The number of aromatic hydroxyl groups is 1. The number of fused-ring (bicyclic) bond motifs is 1. The molecule has 0 atom stereocenters. The van der Waals surface area contributed by atoms with Gasteiger partial charge in [-0.3, -0.25) is 4.79 Å². The Morgan fingerprint density at radius 2 is 1.93 bits per heavy atom. The van der Waals surface area contributed by atoms with Gasteiger partial charge in [-0.05, 0) is 36.2 Å². The van der Waals surface area contributed by atoms with E-state index in [1.165, 1.54) is 12.1 Å². The molecule has 3 rings (SSSR count). The Hall–Kier alpha value is -3.54. The first kappa shape index (κ1) is 18.3. The predicted molar refractivity (Wildman–Crippen MR) is 103 cm³/mol. The van der Waals surface area contributed by atoms with E-state index in [0.717, 1.165) is 22.8 Å². The second-order valence-corrected chi connectivity index (χ2v) is 6.15. The average Bonchev–Trinajstić information content (AvgIpc) is 2.65. The van der Waals surface area contributed by atoms with Crippen LogP contribution in [0.25, 0.3) is 16.5 Å². The number of nitrogens with one attached hydrogen (secondary N) is 1. The highest BCUT2D eigenvalue weighted by Gasteiger charge is 2.08. The fourth-order valence-electron chi connectivity index (χ4n) is 2.52. The SMILES string of the molecule is C=C(C)c1ccc(CNC(=O)COc2ccc3oc(=O)cc(O)c3c2)cc1. The highest BCUT2D eigenvalue weighted by atomic mass is 16.5. The molecular formula is C21H19NO5. The van der Waals surface area contributed by atoms with Crippen molar-refractivity contribution in [3.05, 3.63) is 76.7 Å². The van der Waals surface area contributed by atoms with Crippen LogP contribution in [-0.2, 0) is 11.3 Å². The largest absolute Gasteiger partial charge is 0.507 e. The van der Waals surface area contributed by atoms with Crippen molar-refractivity contribution < 1.29 is 19.1 Å². The number of hydrogen-bond acceptors (Lipinski definition) is 5. The number of amides is 1. The van der Waals surface area contributed by atoms with Crippen LogP contribution in [0.2, 0.25) is 0 Å². The van der Waals surface area contributed by atoms with Crippen molar-refractivity contribution in [1.82, 2.24) is 5.32 Å². The maximum Gasteiger partial charge on any atom is 0.339 e. The van der Waals surface area contributed by atoms with Crippen LogP contribution in [0.3, 0.4) is 0 Å². The normalized spacial score (nSPS) is 10.6. The Morgan fingerprint density at radius 1 is 1.19 bits per heavy atom. The van der Waals surface area contributed by atoms with Gasteiger partial charge in [-0.1, -0.05) is 36.4 Å². The van der Waals surface area contributed by atoms with Gasteiger partial charge in [0.25, 0.3) is 5.91 Å². The molecule has 6 nitrogen and oxygen atoms in total. The summed E-state index contributed by atoms with van der Waals surface area (Å²) in [6, 6.07) is 13.4. The van der Waals surface area contributed by atoms with Crippen molar-refractivity contribution in [2.45, 2.75) is 13.5 Å². The van der Waals surface area contributed by atoms with Crippen LogP contribution in [0.15, 0.2) is 64.3 Å². The predicted octanol–water partition coefficient (Wildman–Crippen LogP) is 3.23. The van der Waals surface area contributed by atoms with Crippen molar-refractivity contribution in [2.24, 2.45) is 0 Å². The van der Waals surface area contributed by atoms with Crippen LogP contribution in [0.1, 0.15) is 18.1 Å². The zero-order chi connectivity index (χ0) is 19.4. The van der Waals surface area contributed by atoms with Crippen LogP contribution in [0.4, 0.5) is 0 Å². The summed E-state index contributed by atoms with van der Waals surface area (Å²) in [6.45, 7) is 6.04. The standard InChI is InChI=1S/C21H19NO5/c1-13(2)15-5-3-14(4-6-15)11-22-20(24)12-26-16-7-8-19-17(9-16)18(23)10-21(25)27-19/h3-10,23H,1,11-12H2,2H3,(H,22,24). The van der Waals surface area contributed by atoms with E-state index < -0.39 is 5.63 Å². The zero-order valence-corrected chi connectivity index (χ0v) is 14.8. The molecule has 0 unspecified atom stereocenters. The molecule has 0 aliphatic rings. The third-order valence-corrected chi connectivity index (χ3v) is 4.00. The van der Waals surface area contributed by atoms with Gasteiger partial charge in [0.2, 0.25) is 0 Å². The fraction of sp³-hybridized carbons (Fsp3) is 0.143. The Balaban J connectivity index is 1.56. The summed E-state index contributed by atoms with van der Waals surface area (Å²) in [6.07, 6.45) is 0. The monoisotopic (exact) mass is 365 g/mol. The molecule has 2 N–H and O–H groups in total. The first-order valence-electron chi connectivity index (χ1n) is 8.33. The summed E-state index contributed by atoms with van der Waals surface area (Å²) >= 11 is 0. The van der Waals surface area contributed by atoms with Gasteiger partial charge in [0, 0.05) is 6.54 Å². The summed E-state index contributed by atoms with van der Waals surface area (Å²) in [5.74, 6) is -0.0927. The van der Waals surface area contributed by atoms with E-state index in [9.17, 15) is 14.7 Å². The second-order valence-electron chi connectivity index (χ2n) is 6.15. The molecule has 0 fully saturated rings. The summed E-state index contributed by atoms with van der Waals surface area (Å²) in [5.41, 5.74) is 2.63. The number of hydrogen-bond donors (Lipinski definition) is 2. The summed E-state index contributed by atoms with van der Waals surface area (Å²) in [4.78, 5) is 23.2. The van der Waals surface area contributed by atoms with E-state index >= 15 is 0 Å². The van der Waals surface area contributed by atoms with Crippen molar-refractivity contribution in [3.8, 4) is 11.5 Å². The molecule has 3 aromatic rings. The molecule has 1 heterocycles. The highest BCUT2D eigenvalue weighted by molar-refractivity contribution is 5.84. The van der Waals surface area contributed by atoms with Crippen molar-refractivity contribution in [3.63, 3.8) is 0 Å². The molecule has 0 aliphatic carbocycles. The second kappa shape index (κ2) is 7.78. The smallest absolute Gasteiger partial charge is 0.339 e. The Bertz CT molecular complexity index is 1050. The number of allylic oxidation sites excluding steroid dienone is 1. The number of ether oxygens (including phenoxy) is 1. The molecule has 1 amide bonds. The molecule has 0 bridgehead atoms. The van der Waals surface area contributed by atoms with E-state index in [2.05, 4.69) is 11.9 Å². The van der Waals surface area contributed by atoms with Crippen LogP contribution < -0.4 is 15.7 Å². The lowest BCUT2D eigenvalue weighted by atomic mass is 10.1. The summed E-state index contributed by atoms with van der Waals surface area (Å²) < 4.78 is 10.4.